The second-order valence-electron chi connectivity index (χ2n) is 3.16. The van der Waals surface area contributed by atoms with Gasteiger partial charge in [0.2, 0.25) is 0 Å². The number of hydrogen-bond acceptors (Lipinski definition) is 3. The highest BCUT2D eigenvalue weighted by Crippen LogP contribution is 2.19. The summed E-state index contributed by atoms with van der Waals surface area (Å²) >= 11 is 0. The van der Waals surface area contributed by atoms with Crippen molar-refractivity contribution in [2.75, 3.05) is 11.3 Å². The second kappa shape index (κ2) is 5.13. The number of nitrogens with one attached hydrogen (secondary N) is 2. The largest absolute Gasteiger partial charge is 0.508 e. The molecule has 7 heteroatoms. The summed E-state index contributed by atoms with van der Waals surface area (Å²) in [5.41, 5.74) is -0.207. The first kappa shape index (κ1) is 12.7. The van der Waals surface area contributed by atoms with Gasteiger partial charge < -0.3 is 5.11 Å². The molecule has 0 aliphatic rings. The maximum Gasteiger partial charge on any atom is 0.299 e. The lowest BCUT2D eigenvalue weighted by atomic mass is 10.3. The third-order valence-electron chi connectivity index (χ3n) is 1.74. The predicted molar refractivity (Wildman–Crippen MR) is 58.9 cm³/mol. The first-order valence-corrected chi connectivity index (χ1v) is 6.19. The van der Waals surface area contributed by atoms with Crippen LogP contribution in [0.1, 0.15) is 13.3 Å². The number of phenols is 1. The van der Waals surface area contributed by atoms with Crippen LogP contribution in [-0.4, -0.2) is 20.1 Å². The number of halogens is 1. The van der Waals surface area contributed by atoms with Crippen LogP contribution in [0.4, 0.5) is 10.1 Å². The summed E-state index contributed by atoms with van der Waals surface area (Å²) in [4.78, 5) is 0. The first-order valence-electron chi connectivity index (χ1n) is 4.70. The van der Waals surface area contributed by atoms with E-state index in [-0.39, 0.29) is 18.0 Å². The molecule has 1 rings (SSSR count). The summed E-state index contributed by atoms with van der Waals surface area (Å²) in [6.45, 7) is 2.08. The van der Waals surface area contributed by atoms with E-state index in [1.54, 1.807) is 0 Å². The standard InChI is InChI=1S/C9H13FN2O3S/c1-2-5-11-16(14,15)12-9-4-3-7(13)6-8(9)10/h3-4,6,11-13H,2,5H2,1H3. The van der Waals surface area contributed by atoms with Crippen LogP contribution >= 0.6 is 0 Å². The van der Waals surface area contributed by atoms with Crippen LogP contribution in [-0.2, 0) is 10.2 Å². The number of rotatable bonds is 5. The number of hydrogen-bond donors (Lipinski definition) is 3. The van der Waals surface area contributed by atoms with Crippen molar-refractivity contribution in [1.82, 2.24) is 4.72 Å². The number of benzene rings is 1. The molecule has 0 spiro atoms. The van der Waals surface area contributed by atoms with E-state index < -0.39 is 16.0 Å². The smallest absolute Gasteiger partial charge is 0.299 e. The van der Waals surface area contributed by atoms with Crippen LogP contribution in [0.25, 0.3) is 0 Å². The quantitative estimate of drug-likeness (QED) is 0.685. The third kappa shape index (κ3) is 3.67. The van der Waals surface area contributed by atoms with E-state index in [0.717, 1.165) is 12.1 Å². The average molecular weight is 248 g/mol. The zero-order valence-corrected chi connectivity index (χ0v) is 9.51. The molecule has 0 radical (unpaired) electrons. The van der Waals surface area contributed by atoms with E-state index in [4.69, 9.17) is 5.11 Å². The Balaban J connectivity index is 2.80. The monoisotopic (exact) mass is 248 g/mol. The molecule has 0 fully saturated rings. The van der Waals surface area contributed by atoms with Crippen LogP contribution < -0.4 is 9.44 Å². The fraction of sp³-hybridized carbons (Fsp3) is 0.333. The Bertz CT molecular complexity index is 462. The minimum Gasteiger partial charge on any atom is -0.508 e. The molecule has 0 aliphatic heterocycles. The molecule has 1 aromatic carbocycles. The van der Waals surface area contributed by atoms with E-state index in [1.165, 1.54) is 6.07 Å². The summed E-state index contributed by atoms with van der Waals surface area (Å²) in [5.74, 6) is -1.09. The fourth-order valence-electron chi connectivity index (χ4n) is 1.00. The van der Waals surface area contributed by atoms with Gasteiger partial charge in [0.25, 0.3) is 10.2 Å². The van der Waals surface area contributed by atoms with E-state index in [1.807, 2.05) is 11.6 Å². The molecule has 16 heavy (non-hydrogen) atoms. The maximum absolute atomic E-state index is 13.2. The topological polar surface area (TPSA) is 78.4 Å². The lowest BCUT2D eigenvalue weighted by Gasteiger charge is -2.09. The Hall–Kier alpha value is -1.34. The molecule has 0 amide bonds. The van der Waals surface area contributed by atoms with Crippen LogP contribution in [0, 0.1) is 5.82 Å². The molecule has 0 bridgehead atoms. The van der Waals surface area contributed by atoms with Crippen molar-refractivity contribution in [3.8, 4) is 5.75 Å². The SMILES string of the molecule is CCCNS(=O)(=O)Nc1ccc(O)cc1F. The number of anilines is 1. The Kier molecular flexibility index (Phi) is 4.08. The molecule has 0 heterocycles. The van der Waals surface area contributed by atoms with Gasteiger partial charge in [0.05, 0.1) is 5.69 Å². The van der Waals surface area contributed by atoms with Crippen LogP contribution in [0.2, 0.25) is 0 Å². The molecule has 1 aromatic rings. The van der Waals surface area contributed by atoms with Gasteiger partial charge in [-0.05, 0) is 18.6 Å². The van der Waals surface area contributed by atoms with Crippen molar-refractivity contribution in [2.24, 2.45) is 0 Å². The zero-order chi connectivity index (χ0) is 12.2. The fourth-order valence-corrected chi connectivity index (χ4v) is 2.00. The van der Waals surface area contributed by atoms with E-state index in [0.29, 0.717) is 6.42 Å². The molecule has 0 aliphatic carbocycles. The predicted octanol–water partition coefficient (Wildman–Crippen LogP) is 1.19. The van der Waals surface area contributed by atoms with E-state index >= 15 is 0 Å². The van der Waals surface area contributed by atoms with Gasteiger partial charge in [-0.1, -0.05) is 6.92 Å². The van der Waals surface area contributed by atoms with Gasteiger partial charge in [-0.15, -0.1) is 0 Å². The second-order valence-corrected chi connectivity index (χ2v) is 4.66. The van der Waals surface area contributed by atoms with Gasteiger partial charge in [0.1, 0.15) is 5.75 Å². The van der Waals surface area contributed by atoms with Crippen LogP contribution in [0.5, 0.6) is 5.75 Å². The zero-order valence-electron chi connectivity index (χ0n) is 8.70. The molecule has 0 unspecified atom stereocenters. The van der Waals surface area contributed by atoms with Gasteiger partial charge in [-0.25, -0.2) is 4.39 Å². The van der Waals surface area contributed by atoms with Crippen molar-refractivity contribution in [3.63, 3.8) is 0 Å². The Morgan fingerprint density at radius 3 is 2.69 bits per heavy atom. The van der Waals surface area contributed by atoms with Gasteiger partial charge in [0.15, 0.2) is 5.82 Å². The molecule has 0 saturated heterocycles. The molecule has 0 atom stereocenters. The van der Waals surface area contributed by atoms with Crippen LogP contribution in [0.15, 0.2) is 18.2 Å². The first-order chi connectivity index (χ1) is 7.44. The van der Waals surface area contributed by atoms with Crippen molar-refractivity contribution in [2.45, 2.75) is 13.3 Å². The van der Waals surface area contributed by atoms with Gasteiger partial charge in [0, 0.05) is 12.6 Å². The summed E-state index contributed by atoms with van der Waals surface area (Å²) in [6, 6.07) is 3.17. The van der Waals surface area contributed by atoms with Gasteiger partial charge in [-0.2, -0.15) is 13.1 Å². The Labute approximate surface area is 93.5 Å². The summed E-state index contributed by atoms with van der Waals surface area (Å²) in [5, 5.41) is 8.94. The molecule has 0 aromatic heterocycles. The molecular weight excluding hydrogens is 235 g/mol. The molecule has 5 nitrogen and oxygen atoms in total. The molecule has 0 saturated carbocycles. The Morgan fingerprint density at radius 1 is 1.44 bits per heavy atom. The van der Waals surface area contributed by atoms with Crippen LogP contribution in [0.3, 0.4) is 0 Å². The highest BCUT2D eigenvalue weighted by molar-refractivity contribution is 7.90. The number of phenolic OH excluding ortho intramolecular Hbond substituents is 1. The van der Waals surface area contributed by atoms with Gasteiger partial charge in [-0.3, -0.25) is 4.72 Å². The van der Waals surface area contributed by atoms with Crippen molar-refractivity contribution in [3.05, 3.63) is 24.0 Å². The van der Waals surface area contributed by atoms with Crippen molar-refractivity contribution >= 4 is 15.9 Å². The number of aromatic hydroxyl groups is 1. The van der Waals surface area contributed by atoms with Gasteiger partial charge >= 0.3 is 0 Å². The van der Waals surface area contributed by atoms with Crippen molar-refractivity contribution in [1.29, 1.82) is 0 Å². The molecule has 3 N–H and O–H groups in total. The average Bonchev–Trinajstić information content (AvgIpc) is 2.19. The lowest BCUT2D eigenvalue weighted by molar-refractivity contribution is 0.469. The molecule has 90 valence electrons. The maximum atomic E-state index is 13.2. The highest BCUT2D eigenvalue weighted by atomic mass is 32.2. The summed E-state index contributed by atoms with van der Waals surface area (Å²) in [6.07, 6.45) is 0.638. The minimum atomic E-state index is -3.75. The Morgan fingerprint density at radius 2 is 2.12 bits per heavy atom. The summed E-state index contributed by atoms with van der Waals surface area (Å²) in [7, 11) is -3.75. The molecular formula is C9H13FN2O3S. The minimum absolute atomic E-state index is 0.207. The normalized spacial score (nSPS) is 11.4. The third-order valence-corrected chi connectivity index (χ3v) is 2.81. The highest BCUT2D eigenvalue weighted by Gasteiger charge is 2.11. The summed E-state index contributed by atoms with van der Waals surface area (Å²) < 4.78 is 40.1. The lowest BCUT2D eigenvalue weighted by Crippen LogP contribution is -2.30. The van der Waals surface area contributed by atoms with Crippen molar-refractivity contribution < 1.29 is 17.9 Å². The van der Waals surface area contributed by atoms with E-state index in [2.05, 4.69) is 4.72 Å². The van der Waals surface area contributed by atoms with E-state index in [9.17, 15) is 12.8 Å².